The van der Waals surface area contributed by atoms with Crippen LogP contribution in [0, 0.1) is 0 Å². The number of carbonyl (C=O) groups excluding carboxylic acids is 2. The molecule has 1 rings (SSSR count). The van der Waals surface area contributed by atoms with Crippen LogP contribution in [0.1, 0.15) is 73.5 Å². The molecule has 0 aliphatic carbocycles. The second-order valence-corrected chi connectivity index (χ2v) is 4.85. The van der Waals surface area contributed by atoms with Gasteiger partial charge in [0.1, 0.15) is 0 Å². The maximum atomic E-state index is 11.7. The molecule has 0 spiro atoms. The Balaban J connectivity index is 2.37. The lowest BCUT2D eigenvalue weighted by Gasteiger charge is -2.02. The molecule has 0 N–H and O–H groups in total. The number of esters is 2. The predicted octanol–water partition coefficient (Wildman–Crippen LogP) is 3.97. The van der Waals surface area contributed by atoms with Gasteiger partial charge in [0.15, 0.2) is 0 Å². The van der Waals surface area contributed by atoms with Crippen LogP contribution in [0.4, 0.5) is 0 Å². The predicted molar refractivity (Wildman–Crippen MR) is 78.3 cm³/mol. The fraction of sp³-hybridized carbons (Fsp3) is 0.625. The van der Waals surface area contributed by atoms with E-state index in [9.17, 15) is 9.59 Å². The van der Waals surface area contributed by atoms with Crippen molar-refractivity contribution >= 4 is 11.9 Å². The largest absolute Gasteiger partial charge is 0.460 e. The molecule has 0 unspecified atom stereocenters. The quantitative estimate of drug-likeness (QED) is 0.482. The summed E-state index contributed by atoms with van der Waals surface area (Å²) in [5.74, 6) is -1.02. The Morgan fingerprint density at radius 1 is 0.857 bits per heavy atom. The second-order valence-electron chi connectivity index (χ2n) is 4.85. The lowest BCUT2D eigenvalue weighted by atomic mass is 10.3. The van der Waals surface area contributed by atoms with Gasteiger partial charge < -0.3 is 13.9 Å². The minimum Gasteiger partial charge on any atom is -0.460 e. The Morgan fingerprint density at radius 3 is 1.67 bits per heavy atom. The van der Waals surface area contributed by atoms with Gasteiger partial charge in [0.2, 0.25) is 11.5 Å². The fourth-order valence-electron chi connectivity index (χ4n) is 1.73. The topological polar surface area (TPSA) is 65.7 Å². The van der Waals surface area contributed by atoms with Crippen molar-refractivity contribution in [2.75, 3.05) is 13.2 Å². The summed E-state index contributed by atoms with van der Waals surface area (Å²) in [6, 6.07) is 2.87. The highest BCUT2D eigenvalue weighted by Crippen LogP contribution is 2.11. The summed E-state index contributed by atoms with van der Waals surface area (Å²) in [6.07, 6.45) is 5.81. The van der Waals surface area contributed by atoms with Crippen LogP contribution in [0.5, 0.6) is 0 Å². The zero-order chi connectivity index (χ0) is 15.5. The van der Waals surface area contributed by atoms with Gasteiger partial charge in [0.05, 0.1) is 13.2 Å². The summed E-state index contributed by atoms with van der Waals surface area (Å²) in [5, 5.41) is 0. The normalized spacial score (nSPS) is 10.4. The smallest absolute Gasteiger partial charge is 0.374 e. The monoisotopic (exact) mass is 296 g/mol. The molecular weight excluding hydrogens is 272 g/mol. The van der Waals surface area contributed by atoms with Gasteiger partial charge in [-0.25, -0.2) is 9.59 Å². The van der Waals surface area contributed by atoms with Crippen LogP contribution in [0.3, 0.4) is 0 Å². The van der Waals surface area contributed by atoms with E-state index >= 15 is 0 Å². The third-order valence-electron chi connectivity index (χ3n) is 2.97. The van der Waals surface area contributed by atoms with Crippen LogP contribution in [0.15, 0.2) is 16.5 Å². The molecule has 0 saturated heterocycles. The van der Waals surface area contributed by atoms with E-state index < -0.39 is 11.9 Å². The Kier molecular flexibility index (Phi) is 8.24. The Labute approximate surface area is 125 Å². The van der Waals surface area contributed by atoms with Crippen molar-refractivity contribution in [3.8, 4) is 0 Å². The van der Waals surface area contributed by atoms with Crippen LogP contribution < -0.4 is 0 Å². The van der Waals surface area contributed by atoms with E-state index in [0.29, 0.717) is 13.2 Å². The molecule has 1 aromatic rings. The van der Waals surface area contributed by atoms with Crippen LogP contribution in [0.2, 0.25) is 0 Å². The standard InChI is InChI=1S/C16H24O5/c1-3-5-7-11-19-15(17)13-9-10-14(21-13)16(18)20-12-8-6-4-2/h9-10H,3-8,11-12H2,1-2H3. The molecule has 1 heterocycles. The Hall–Kier alpha value is -1.78. The van der Waals surface area contributed by atoms with Crippen molar-refractivity contribution in [1.82, 2.24) is 0 Å². The number of rotatable bonds is 10. The van der Waals surface area contributed by atoms with Gasteiger partial charge in [0.25, 0.3) is 0 Å². The van der Waals surface area contributed by atoms with E-state index in [-0.39, 0.29) is 11.5 Å². The molecular formula is C16H24O5. The molecule has 0 bridgehead atoms. The van der Waals surface area contributed by atoms with Crippen molar-refractivity contribution < 1.29 is 23.5 Å². The van der Waals surface area contributed by atoms with Crippen molar-refractivity contribution in [3.05, 3.63) is 23.7 Å². The third kappa shape index (κ3) is 6.47. The molecule has 0 aromatic carbocycles. The fourth-order valence-corrected chi connectivity index (χ4v) is 1.73. The highest BCUT2D eigenvalue weighted by atomic mass is 16.6. The van der Waals surface area contributed by atoms with Gasteiger partial charge in [-0.15, -0.1) is 0 Å². The number of carbonyl (C=O) groups is 2. The molecule has 21 heavy (non-hydrogen) atoms. The first kappa shape index (κ1) is 17.3. The van der Waals surface area contributed by atoms with E-state index in [0.717, 1.165) is 38.5 Å². The average Bonchev–Trinajstić information content (AvgIpc) is 2.98. The molecule has 0 radical (unpaired) electrons. The zero-order valence-corrected chi connectivity index (χ0v) is 12.9. The van der Waals surface area contributed by atoms with Gasteiger partial charge in [-0.3, -0.25) is 0 Å². The lowest BCUT2D eigenvalue weighted by molar-refractivity contribution is 0.0427. The highest BCUT2D eigenvalue weighted by molar-refractivity contribution is 5.90. The molecule has 118 valence electrons. The number of furan rings is 1. The summed E-state index contributed by atoms with van der Waals surface area (Å²) >= 11 is 0. The molecule has 5 heteroatoms. The number of ether oxygens (including phenoxy) is 2. The minimum absolute atomic E-state index is 0.0343. The van der Waals surface area contributed by atoms with E-state index in [1.807, 2.05) is 0 Å². The van der Waals surface area contributed by atoms with E-state index in [2.05, 4.69) is 13.8 Å². The summed E-state index contributed by atoms with van der Waals surface area (Å²) in [4.78, 5) is 23.3. The minimum atomic E-state index is -0.545. The van der Waals surface area contributed by atoms with Gasteiger partial charge in [-0.1, -0.05) is 39.5 Å². The molecule has 0 aliphatic rings. The van der Waals surface area contributed by atoms with Crippen molar-refractivity contribution in [3.63, 3.8) is 0 Å². The van der Waals surface area contributed by atoms with Gasteiger partial charge in [0, 0.05) is 0 Å². The number of hydrogen-bond donors (Lipinski definition) is 0. The molecule has 0 aliphatic heterocycles. The van der Waals surface area contributed by atoms with Crippen molar-refractivity contribution in [2.45, 2.75) is 52.4 Å². The van der Waals surface area contributed by atoms with Crippen LogP contribution >= 0.6 is 0 Å². The molecule has 0 saturated carbocycles. The first-order valence-corrected chi connectivity index (χ1v) is 7.63. The van der Waals surface area contributed by atoms with Gasteiger partial charge >= 0.3 is 11.9 Å². The summed E-state index contributed by atoms with van der Waals surface area (Å²) < 4.78 is 15.3. The van der Waals surface area contributed by atoms with Crippen LogP contribution in [-0.4, -0.2) is 25.2 Å². The maximum absolute atomic E-state index is 11.7. The van der Waals surface area contributed by atoms with Crippen LogP contribution in [-0.2, 0) is 9.47 Å². The van der Waals surface area contributed by atoms with E-state index in [4.69, 9.17) is 13.9 Å². The zero-order valence-electron chi connectivity index (χ0n) is 12.9. The van der Waals surface area contributed by atoms with E-state index in [1.165, 1.54) is 12.1 Å². The molecule has 0 amide bonds. The average molecular weight is 296 g/mol. The Bertz CT molecular complexity index is 397. The van der Waals surface area contributed by atoms with Crippen LogP contribution in [0.25, 0.3) is 0 Å². The van der Waals surface area contributed by atoms with Gasteiger partial charge in [-0.2, -0.15) is 0 Å². The first-order valence-electron chi connectivity index (χ1n) is 7.63. The van der Waals surface area contributed by atoms with E-state index in [1.54, 1.807) is 0 Å². The highest BCUT2D eigenvalue weighted by Gasteiger charge is 2.17. The molecule has 0 atom stereocenters. The van der Waals surface area contributed by atoms with Gasteiger partial charge in [-0.05, 0) is 25.0 Å². The first-order chi connectivity index (χ1) is 10.2. The second kappa shape index (κ2) is 10.0. The molecule has 1 aromatic heterocycles. The summed E-state index contributed by atoms with van der Waals surface area (Å²) in [6.45, 7) is 4.88. The van der Waals surface area contributed by atoms with Crippen molar-refractivity contribution in [2.24, 2.45) is 0 Å². The molecule has 0 fully saturated rings. The third-order valence-corrected chi connectivity index (χ3v) is 2.97. The lowest BCUT2D eigenvalue weighted by Crippen LogP contribution is -2.07. The van der Waals surface area contributed by atoms with Crippen molar-refractivity contribution in [1.29, 1.82) is 0 Å². The maximum Gasteiger partial charge on any atom is 0.374 e. The number of hydrogen-bond acceptors (Lipinski definition) is 5. The SMILES string of the molecule is CCCCCOC(=O)c1ccc(C(=O)OCCCCC)o1. The number of unbranched alkanes of at least 4 members (excludes halogenated alkanes) is 4. The summed E-state index contributed by atoms with van der Waals surface area (Å²) in [5.41, 5.74) is 0. The molecule has 5 nitrogen and oxygen atoms in total. The Morgan fingerprint density at radius 2 is 1.29 bits per heavy atom. The summed E-state index contributed by atoms with van der Waals surface area (Å²) in [7, 11) is 0.